The predicted molar refractivity (Wildman–Crippen MR) is 101 cm³/mol. The first-order chi connectivity index (χ1) is 10.0. The fourth-order valence-corrected chi connectivity index (χ4v) is 4.26. The maximum Gasteiger partial charge on any atom is 0.119 e. The largest absolute Gasteiger partial charge is 0.378 e. The van der Waals surface area contributed by atoms with E-state index in [9.17, 15) is 4.39 Å². The van der Waals surface area contributed by atoms with Gasteiger partial charge in [0.1, 0.15) is 5.83 Å². The van der Waals surface area contributed by atoms with Gasteiger partial charge in [0.15, 0.2) is 0 Å². The number of halogens is 1. The molecule has 0 aliphatic heterocycles. The predicted octanol–water partition coefficient (Wildman–Crippen LogP) is 6.18. The summed E-state index contributed by atoms with van der Waals surface area (Å²) in [5.41, 5.74) is 0. The van der Waals surface area contributed by atoms with Crippen molar-refractivity contribution in [3.63, 3.8) is 0 Å². The Labute approximate surface area is 139 Å². The molecule has 3 unspecified atom stereocenters. The number of hydrogen-bond donors (Lipinski definition) is 0. The molecule has 128 valence electrons. The van der Waals surface area contributed by atoms with Crippen LogP contribution in [0, 0.1) is 11.8 Å². The van der Waals surface area contributed by atoms with E-state index in [0.29, 0.717) is 12.0 Å². The van der Waals surface area contributed by atoms with Crippen LogP contribution in [-0.4, -0.2) is 26.1 Å². The van der Waals surface area contributed by atoms with Crippen LogP contribution in [0.15, 0.2) is 35.5 Å². The molecule has 0 aliphatic carbocycles. The zero-order valence-electron chi connectivity index (χ0n) is 16.1. The molecule has 0 heterocycles. The van der Waals surface area contributed by atoms with Crippen LogP contribution in [0.1, 0.15) is 41.0 Å². The van der Waals surface area contributed by atoms with Gasteiger partial charge in [-0.2, -0.15) is 0 Å². The summed E-state index contributed by atoms with van der Waals surface area (Å²) in [4.78, 5) is 2.32. The smallest absolute Gasteiger partial charge is 0.119 e. The summed E-state index contributed by atoms with van der Waals surface area (Å²) >= 11 is 0. The maximum absolute atomic E-state index is 13.7. The van der Waals surface area contributed by atoms with Crippen LogP contribution < -0.4 is 0 Å². The van der Waals surface area contributed by atoms with E-state index in [1.807, 2.05) is 6.92 Å². The molecule has 0 bridgehead atoms. The Morgan fingerprint density at radius 1 is 1.18 bits per heavy atom. The average Bonchev–Trinajstić information content (AvgIpc) is 2.41. The van der Waals surface area contributed by atoms with Crippen molar-refractivity contribution in [3.05, 3.63) is 35.5 Å². The molecule has 0 radical (unpaired) electrons. The van der Waals surface area contributed by atoms with E-state index in [-0.39, 0.29) is 11.7 Å². The Morgan fingerprint density at radius 2 is 1.73 bits per heavy atom. The molecule has 0 amide bonds. The Kier molecular flexibility index (Phi) is 8.98. The number of nitrogens with zero attached hydrogens (tertiary/aromatic N) is 1. The highest BCUT2D eigenvalue weighted by atomic mass is 28.3. The summed E-state index contributed by atoms with van der Waals surface area (Å²) in [6.07, 6.45) is 8.46. The molecular weight excluding hydrogens is 289 g/mol. The minimum atomic E-state index is -1.26. The topological polar surface area (TPSA) is 3.24 Å². The van der Waals surface area contributed by atoms with Crippen LogP contribution in [0.4, 0.5) is 4.39 Å². The molecular formula is C19H36FNSi. The van der Waals surface area contributed by atoms with Crippen molar-refractivity contribution in [3.8, 4) is 0 Å². The van der Waals surface area contributed by atoms with Crippen molar-refractivity contribution < 1.29 is 4.39 Å². The molecule has 0 saturated carbocycles. The van der Waals surface area contributed by atoms with Crippen LogP contribution in [0.5, 0.6) is 0 Å². The Morgan fingerprint density at radius 3 is 2.14 bits per heavy atom. The quantitative estimate of drug-likeness (QED) is 0.380. The van der Waals surface area contributed by atoms with Crippen LogP contribution in [0.3, 0.4) is 0 Å². The van der Waals surface area contributed by atoms with Gasteiger partial charge in [0.25, 0.3) is 0 Å². The fraction of sp³-hybridized carbons (Fsp3) is 0.684. The number of rotatable bonds is 8. The third-order valence-corrected chi connectivity index (χ3v) is 7.09. The summed E-state index contributed by atoms with van der Waals surface area (Å²) in [5, 5.41) is 1.58. The molecule has 3 heteroatoms. The van der Waals surface area contributed by atoms with Gasteiger partial charge in [0, 0.05) is 13.1 Å². The third-order valence-electron chi connectivity index (χ3n) is 4.68. The molecule has 0 aromatic carbocycles. The zero-order valence-corrected chi connectivity index (χ0v) is 17.1. The molecule has 0 saturated heterocycles. The van der Waals surface area contributed by atoms with Gasteiger partial charge in [0.05, 0.1) is 8.07 Å². The number of allylic oxidation sites excluding steroid dienone is 5. The average molecular weight is 326 g/mol. The normalized spacial score (nSPS) is 18.5. The second-order valence-corrected chi connectivity index (χ2v) is 12.6. The minimum absolute atomic E-state index is 0.136. The maximum atomic E-state index is 13.7. The molecule has 0 spiro atoms. The molecule has 0 rings (SSSR count). The van der Waals surface area contributed by atoms with Crippen LogP contribution in [-0.2, 0) is 0 Å². The summed E-state index contributed by atoms with van der Waals surface area (Å²) in [7, 11) is 0.893. The van der Waals surface area contributed by atoms with Crippen molar-refractivity contribution in [2.75, 3.05) is 7.05 Å². The van der Waals surface area contributed by atoms with E-state index in [2.05, 4.69) is 65.5 Å². The second kappa shape index (κ2) is 9.34. The lowest BCUT2D eigenvalue weighted by Gasteiger charge is -2.33. The van der Waals surface area contributed by atoms with E-state index in [4.69, 9.17) is 0 Å². The number of hydrogen-bond acceptors (Lipinski definition) is 1. The molecule has 0 fully saturated rings. The van der Waals surface area contributed by atoms with Gasteiger partial charge in [-0.25, -0.2) is 4.39 Å². The lowest BCUT2D eigenvalue weighted by Crippen LogP contribution is -2.35. The molecule has 22 heavy (non-hydrogen) atoms. The fourth-order valence-electron chi connectivity index (χ4n) is 2.61. The minimum Gasteiger partial charge on any atom is -0.378 e. The lowest BCUT2D eigenvalue weighted by molar-refractivity contribution is 0.230. The summed E-state index contributed by atoms with van der Waals surface area (Å²) in [6, 6.07) is 0.377. The molecule has 0 aromatic rings. The van der Waals surface area contributed by atoms with Gasteiger partial charge in [-0.3, -0.25) is 0 Å². The summed E-state index contributed by atoms with van der Waals surface area (Å²) < 4.78 is 13.7. The van der Waals surface area contributed by atoms with Gasteiger partial charge in [-0.1, -0.05) is 51.7 Å². The van der Waals surface area contributed by atoms with Crippen molar-refractivity contribution in [2.45, 2.75) is 66.7 Å². The summed E-state index contributed by atoms with van der Waals surface area (Å²) in [6.45, 7) is 17.8. The van der Waals surface area contributed by atoms with Crippen LogP contribution in [0.2, 0.25) is 19.6 Å². The van der Waals surface area contributed by atoms with E-state index in [1.165, 1.54) is 6.08 Å². The van der Waals surface area contributed by atoms with Gasteiger partial charge in [-0.15, -0.1) is 0 Å². The highest BCUT2D eigenvalue weighted by Crippen LogP contribution is 2.24. The molecule has 0 aliphatic rings. The van der Waals surface area contributed by atoms with Gasteiger partial charge < -0.3 is 4.90 Å². The SMILES string of the molecule is C/C=C\C(F)=C/C(C)C(C)C(C)N(C)/C=C(\CC)[Si](C)(C)C. The lowest BCUT2D eigenvalue weighted by atomic mass is 9.88. The van der Waals surface area contributed by atoms with Crippen molar-refractivity contribution in [2.24, 2.45) is 11.8 Å². The van der Waals surface area contributed by atoms with Crippen LogP contribution >= 0.6 is 0 Å². The molecule has 1 nitrogen and oxygen atoms in total. The van der Waals surface area contributed by atoms with E-state index in [0.717, 1.165) is 6.42 Å². The van der Waals surface area contributed by atoms with E-state index < -0.39 is 8.07 Å². The first-order valence-corrected chi connectivity index (χ1v) is 12.0. The highest BCUT2D eigenvalue weighted by molar-refractivity contribution is 6.83. The standard InChI is InChI=1S/C19H36FNSi/c1-10-12-18(20)13-15(3)16(4)17(5)21(6)14-19(11-2)22(7,8)9/h10,12-17H,11H2,1-9H3/b12-10-,18-13+,19-14+. The van der Waals surface area contributed by atoms with Crippen molar-refractivity contribution in [1.82, 2.24) is 4.90 Å². The zero-order chi connectivity index (χ0) is 17.5. The van der Waals surface area contributed by atoms with Crippen LogP contribution in [0.25, 0.3) is 0 Å². The Bertz CT molecular complexity index is 418. The van der Waals surface area contributed by atoms with Gasteiger partial charge in [0.2, 0.25) is 0 Å². The molecule has 0 N–H and O–H groups in total. The van der Waals surface area contributed by atoms with Crippen molar-refractivity contribution in [1.29, 1.82) is 0 Å². The third kappa shape index (κ3) is 6.95. The van der Waals surface area contributed by atoms with Gasteiger partial charge >= 0.3 is 0 Å². The first kappa shape index (κ1) is 21.2. The highest BCUT2D eigenvalue weighted by Gasteiger charge is 2.23. The Balaban J connectivity index is 5.05. The molecule has 0 aromatic heterocycles. The van der Waals surface area contributed by atoms with Gasteiger partial charge in [-0.05, 0) is 50.5 Å². The van der Waals surface area contributed by atoms with Crippen molar-refractivity contribution >= 4 is 8.07 Å². The monoisotopic (exact) mass is 325 g/mol. The molecule has 3 atom stereocenters. The first-order valence-electron chi connectivity index (χ1n) is 8.47. The Hall–Kier alpha value is -0.833. The van der Waals surface area contributed by atoms with E-state index in [1.54, 1.807) is 17.3 Å². The summed E-state index contributed by atoms with van der Waals surface area (Å²) in [5.74, 6) is 0.458. The second-order valence-electron chi connectivity index (χ2n) is 7.43. The van der Waals surface area contributed by atoms with E-state index >= 15 is 0 Å².